The summed E-state index contributed by atoms with van der Waals surface area (Å²) in [4.78, 5) is 0. The minimum atomic E-state index is 0.654. The summed E-state index contributed by atoms with van der Waals surface area (Å²) in [6.07, 6.45) is 0. The maximum Gasteiger partial charge on any atom is 0.0426 e. The van der Waals surface area contributed by atoms with Gasteiger partial charge in [0.1, 0.15) is 0 Å². The average molecular weight is 330 g/mol. The lowest BCUT2D eigenvalue weighted by Crippen LogP contribution is -1.92. The van der Waals surface area contributed by atoms with E-state index in [0.717, 1.165) is 11.1 Å². The summed E-state index contributed by atoms with van der Waals surface area (Å²) in [5, 5.41) is 3.06. The van der Waals surface area contributed by atoms with Gasteiger partial charge in [-0.25, -0.2) is 0 Å². The van der Waals surface area contributed by atoms with Crippen LogP contribution in [0.1, 0.15) is 0 Å². The Morgan fingerprint density at radius 2 is 1.17 bits per heavy atom. The number of hydrogen-bond donors (Lipinski definition) is 1. The van der Waals surface area contributed by atoms with Gasteiger partial charge in [-0.15, -0.1) is 0 Å². The van der Waals surface area contributed by atoms with Gasteiger partial charge in [-0.2, -0.15) is 0 Å². The van der Waals surface area contributed by atoms with Crippen LogP contribution in [0.4, 0.5) is 5.69 Å². The highest BCUT2D eigenvalue weighted by Crippen LogP contribution is 2.38. The van der Waals surface area contributed by atoms with Crippen molar-refractivity contribution in [3.63, 3.8) is 0 Å². The quantitative estimate of drug-likeness (QED) is 0.422. The third-order valence-electron chi connectivity index (χ3n) is 4.31. The standard InChI is InChI=1S/C22H16ClN/c23-16-10-11-21(22(24)14-16)20-13-12-17(15-6-2-1-3-7-15)18-8-4-5-9-19(18)20/h1-14H,24H2. The molecule has 0 radical (unpaired) electrons. The smallest absolute Gasteiger partial charge is 0.0426 e. The van der Waals surface area contributed by atoms with Crippen molar-refractivity contribution in [3.8, 4) is 22.3 Å². The lowest BCUT2D eigenvalue weighted by atomic mass is 9.91. The van der Waals surface area contributed by atoms with Crippen molar-refractivity contribution in [2.24, 2.45) is 0 Å². The van der Waals surface area contributed by atoms with Gasteiger partial charge < -0.3 is 5.73 Å². The Morgan fingerprint density at radius 3 is 1.88 bits per heavy atom. The van der Waals surface area contributed by atoms with Gasteiger partial charge in [-0.1, -0.05) is 84.4 Å². The molecule has 2 N–H and O–H groups in total. The first-order valence-corrected chi connectivity index (χ1v) is 8.24. The lowest BCUT2D eigenvalue weighted by Gasteiger charge is -2.13. The van der Waals surface area contributed by atoms with E-state index < -0.39 is 0 Å². The first kappa shape index (κ1) is 14.8. The van der Waals surface area contributed by atoms with Crippen molar-refractivity contribution >= 4 is 28.1 Å². The molecule has 0 bridgehead atoms. The summed E-state index contributed by atoms with van der Waals surface area (Å²) in [5.74, 6) is 0. The van der Waals surface area contributed by atoms with Crippen LogP contribution in [0.15, 0.2) is 84.9 Å². The Morgan fingerprint density at radius 1 is 0.583 bits per heavy atom. The molecule has 4 aromatic rings. The molecule has 0 amide bonds. The normalized spacial score (nSPS) is 10.9. The molecular weight excluding hydrogens is 314 g/mol. The number of halogens is 1. The zero-order valence-corrected chi connectivity index (χ0v) is 13.8. The van der Waals surface area contributed by atoms with Gasteiger partial charge in [0, 0.05) is 16.3 Å². The molecule has 0 fully saturated rings. The van der Waals surface area contributed by atoms with E-state index in [4.69, 9.17) is 17.3 Å². The van der Waals surface area contributed by atoms with Crippen molar-refractivity contribution in [3.05, 3.63) is 90.0 Å². The summed E-state index contributed by atoms with van der Waals surface area (Å²) in [7, 11) is 0. The topological polar surface area (TPSA) is 26.0 Å². The van der Waals surface area contributed by atoms with Crippen LogP contribution in [-0.4, -0.2) is 0 Å². The molecule has 0 atom stereocenters. The fraction of sp³-hybridized carbons (Fsp3) is 0. The minimum absolute atomic E-state index is 0.654. The van der Waals surface area contributed by atoms with Crippen molar-refractivity contribution in [2.45, 2.75) is 0 Å². The van der Waals surface area contributed by atoms with Crippen LogP contribution < -0.4 is 5.73 Å². The van der Waals surface area contributed by atoms with Crippen LogP contribution in [0.2, 0.25) is 5.02 Å². The van der Waals surface area contributed by atoms with Gasteiger partial charge in [0.2, 0.25) is 0 Å². The van der Waals surface area contributed by atoms with E-state index in [1.165, 1.54) is 21.9 Å². The summed E-state index contributed by atoms with van der Waals surface area (Å²) < 4.78 is 0. The van der Waals surface area contributed by atoms with Crippen LogP contribution >= 0.6 is 11.6 Å². The van der Waals surface area contributed by atoms with E-state index in [2.05, 4.69) is 60.7 Å². The first-order chi connectivity index (χ1) is 11.7. The molecule has 1 nitrogen and oxygen atoms in total. The highest BCUT2D eigenvalue weighted by Gasteiger charge is 2.11. The van der Waals surface area contributed by atoms with Gasteiger partial charge >= 0.3 is 0 Å². The zero-order valence-electron chi connectivity index (χ0n) is 13.0. The van der Waals surface area contributed by atoms with Crippen LogP contribution in [0.3, 0.4) is 0 Å². The lowest BCUT2D eigenvalue weighted by molar-refractivity contribution is 1.62. The summed E-state index contributed by atoms with van der Waals surface area (Å²) in [5.41, 5.74) is 11.5. The SMILES string of the molecule is Nc1cc(Cl)ccc1-c1ccc(-c2ccccc2)c2ccccc12. The van der Waals surface area contributed by atoms with Gasteiger partial charge in [0.15, 0.2) is 0 Å². The van der Waals surface area contributed by atoms with Crippen LogP contribution in [0, 0.1) is 0 Å². The van der Waals surface area contributed by atoms with Crippen molar-refractivity contribution < 1.29 is 0 Å². The third kappa shape index (κ3) is 2.53. The monoisotopic (exact) mass is 329 g/mol. The molecule has 4 aromatic carbocycles. The number of anilines is 1. The molecule has 4 rings (SSSR count). The van der Waals surface area contributed by atoms with Crippen LogP contribution in [0.5, 0.6) is 0 Å². The van der Waals surface area contributed by atoms with E-state index in [1.54, 1.807) is 6.07 Å². The first-order valence-electron chi connectivity index (χ1n) is 7.86. The van der Waals surface area contributed by atoms with E-state index in [-0.39, 0.29) is 0 Å². The Labute approximate surface area is 146 Å². The third-order valence-corrected chi connectivity index (χ3v) is 4.55. The highest BCUT2D eigenvalue weighted by molar-refractivity contribution is 6.31. The second kappa shape index (κ2) is 6.03. The average Bonchev–Trinajstić information content (AvgIpc) is 2.62. The van der Waals surface area contributed by atoms with Gasteiger partial charge in [0.25, 0.3) is 0 Å². The number of benzene rings is 4. The van der Waals surface area contributed by atoms with E-state index in [9.17, 15) is 0 Å². The number of hydrogen-bond acceptors (Lipinski definition) is 1. The van der Waals surface area contributed by atoms with Crippen molar-refractivity contribution in [1.29, 1.82) is 0 Å². The Hall–Kier alpha value is -2.77. The number of rotatable bonds is 2. The van der Waals surface area contributed by atoms with Gasteiger partial charge in [-0.3, -0.25) is 0 Å². The molecule has 0 aromatic heterocycles. The van der Waals surface area contributed by atoms with E-state index in [1.807, 2.05) is 18.2 Å². The molecule has 0 unspecified atom stereocenters. The molecule has 0 aliphatic heterocycles. The summed E-state index contributed by atoms with van der Waals surface area (Å²) in [6.45, 7) is 0. The molecule has 0 saturated heterocycles. The molecule has 0 saturated carbocycles. The molecule has 0 aliphatic carbocycles. The fourth-order valence-electron chi connectivity index (χ4n) is 3.18. The number of fused-ring (bicyclic) bond motifs is 1. The molecule has 116 valence electrons. The number of nitrogen functional groups attached to an aromatic ring is 1. The van der Waals surface area contributed by atoms with Crippen LogP contribution in [0.25, 0.3) is 33.0 Å². The summed E-state index contributed by atoms with van der Waals surface area (Å²) in [6, 6.07) is 28.9. The van der Waals surface area contributed by atoms with E-state index in [0.29, 0.717) is 10.7 Å². The zero-order chi connectivity index (χ0) is 16.5. The number of nitrogens with two attached hydrogens (primary N) is 1. The minimum Gasteiger partial charge on any atom is -0.398 e. The molecular formula is C22H16ClN. The Bertz CT molecular complexity index is 1020. The second-order valence-electron chi connectivity index (χ2n) is 5.80. The maximum atomic E-state index is 6.21. The Balaban J connectivity index is 2.00. The molecule has 0 aliphatic rings. The fourth-order valence-corrected chi connectivity index (χ4v) is 3.36. The molecule has 2 heteroatoms. The van der Waals surface area contributed by atoms with Gasteiger partial charge in [0.05, 0.1) is 0 Å². The molecule has 0 heterocycles. The largest absolute Gasteiger partial charge is 0.398 e. The molecule has 24 heavy (non-hydrogen) atoms. The predicted molar refractivity (Wildman–Crippen MR) is 104 cm³/mol. The van der Waals surface area contributed by atoms with Crippen molar-refractivity contribution in [1.82, 2.24) is 0 Å². The molecule has 0 spiro atoms. The summed E-state index contributed by atoms with van der Waals surface area (Å²) >= 11 is 6.05. The maximum absolute atomic E-state index is 6.21. The predicted octanol–water partition coefficient (Wildman–Crippen LogP) is 6.41. The second-order valence-corrected chi connectivity index (χ2v) is 6.24. The highest BCUT2D eigenvalue weighted by atomic mass is 35.5. The van der Waals surface area contributed by atoms with Crippen molar-refractivity contribution in [2.75, 3.05) is 5.73 Å². The van der Waals surface area contributed by atoms with E-state index >= 15 is 0 Å². The van der Waals surface area contributed by atoms with Crippen LogP contribution in [-0.2, 0) is 0 Å². The van der Waals surface area contributed by atoms with Gasteiger partial charge in [-0.05, 0) is 39.6 Å². The Kier molecular flexibility index (Phi) is 3.72.